The van der Waals surface area contributed by atoms with Gasteiger partial charge in [0.2, 0.25) is 0 Å². The zero-order chi connectivity index (χ0) is 9.80. The van der Waals surface area contributed by atoms with E-state index in [0.29, 0.717) is 0 Å². The molecule has 14 heavy (non-hydrogen) atoms. The first-order valence-corrected chi connectivity index (χ1v) is 6.17. The number of aromatic nitrogens is 1. The number of aryl methyl sites for hydroxylation is 1. The fourth-order valence-corrected chi connectivity index (χ4v) is 2.90. The molecule has 3 heteroatoms. The van der Waals surface area contributed by atoms with Gasteiger partial charge < -0.3 is 5.32 Å². The Labute approximate surface area is 89.5 Å². The Morgan fingerprint density at radius 3 is 3.29 bits per heavy atom. The number of pyridine rings is 1. The molecule has 1 unspecified atom stereocenters. The predicted molar refractivity (Wildman–Crippen MR) is 62.9 cm³/mol. The van der Waals surface area contributed by atoms with Crippen molar-refractivity contribution in [2.75, 3.05) is 17.6 Å². The summed E-state index contributed by atoms with van der Waals surface area (Å²) < 4.78 is 0. The van der Waals surface area contributed by atoms with E-state index in [0.717, 1.165) is 11.8 Å². The van der Waals surface area contributed by atoms with Crippen molar-refractivity contribution in [2.24, 2.45) is 0 Å². The van der Waals surface area contributed by atoms with E-state index >= 15 is 0 Å². The van der Waals surface area contributed by atoms with Crippen LogP contribution in [0.4, 0.5) is 5.69 Å². The van der Waals surface area contributed by atoms with Crippen LogP contribution in [-0.2, 0) is 0 Å². The summed E-state index contributed by atoms with van der Waals surface area (Å²) in [6.07, 6.45) is 6.50. The molecule has 0 spiro atoms. The molecule has 0 radical (unpaired) electrons. The normalized spacial score (nSPS) is 21.1. The van der Waals surface area contributed by atoms with Gasteiger partial charge in [0, 0.05) is 29.9 Å². The maximum absolute atomic E-state index is 4.08. The zero-order valence-corrected chi connectivity index (χ0v) is 9.31. The van der Waals surface area contributed by atoms with Gasteiger partial charge in [0.15, 0.2) is 0 Å². The SMILES string of the molecule is Cc1cnccc1NCC1CCCS1. The smallest absolute Gasteiger partial charge is 0.0401 e. The first kappa shape index (κ1) is 9.84. The van der Waals surface area contributed by atoms with Gasteiger partial charge in [-0.05, 0) is 37.1 Å². The van der Waals surface area contributed by atoms with E-state index in [-0.39, 0.29) is 0 Å². The number of thioether (sulfide) groups is 1. The summed E-state index contributed by atoms with van der Waals surface area (Å²) in [6, 6.07) is 2.05. The fraction of sp³-hybridized carbons (Fsp3) is 0.545. The first-order chi connectivity index (χ1) is 6.86. The highest BCUT2D eigenvalue weighted by atomic mass is 32.2. The van der Waals surface area contributed by atoms with Crippen LogP contribution in [0.5, 0.6) is 0 Å². The molecule has 0 saturated carbocycles. The molecular weight excluding hydrogens is 192 g/mol. The van der Waals surface area contributed by atoms with Crippen molar-refractivity contribution in [1.82, 2.24) is 4.98 Å². The molecule has 1 aliphatic heterocycles. The topological polar surface area (TPSA) is 24.9 Å². The lowest BCUT2D eigenvalue weighted by Crippen LogP contribution is -2.14. The van der Waals surface area contributed by atoms with Gasteiger partial charge in [0.25, 0.3) is 0 Å². The summed E-state index contributed by atoms with van der Waals surface area (Å²) in [5.41, 5.74) is 2.46. The molecule has 2 nitrogen and oxygen atoms in total. The Kier molecular flexibility index (Phi) is 3.30. The van der Waals surface area contributed by atoms with E-state index in [1.165, 1.54) is 29.8 Å². The molecule has 2 rings (SSSR count). The van der Waals surface area contributed by atoms with Gasteiger partial charge >= 0.3 is 0 Å². The van der Waals surface area contributed by atoms with E-state index < -0.39 is 0 Å². The first-order valence-electron chi connectivity index (χ1n) is 5.12. The van der Waals surface area contributed by atoms with E-state index in [4.69, 9.17) is 0 Å². The summed E-state index contributed by atoms with van der Waals surface area (Å²) in [6.45, 7) is 3.19. The third kappa shape index (κ3) is 2.41. The van der Waals surface area contributed by atoms with Crippen LogP contribution in [0.3, 0.4) is 0 Å². The van der Waals surface area contributed by atoms with E-state index in [1.807, 2.05) is 12.4 Å². The maximum Gasteiger partial charge on any atom is 0.0401 e. The zero-order valence-electron chi connectivity index (χ0n) is 8.49. The summed E-state index contributed by atoms with van der Waals surface area (Å²) in [5, 5.41) is 4.30. The number of hydrogen-bond donors (Lipinski definition) is 1. The lowest BCUT2D eigenvalue weighted by molar-refractivity contribution is 0.805. The molecule has 0 amide bonds. The minimum Gasteiger partial charge on any atom is -0.384 e. The minimum absolute atomic E-state index is 0.808. The Hall–Kier alpha value is -0.700. The average Bonchev–Trinajstić information content (AvgIpc) is 2.69. The molecular formula is C11H16N2S. The third-order valence-electron chi connectivity index (χ3n) is 2.56. The summed E-state index contributed by atoms with van der Waals surface area (Å²) >= 11 is 2.09. The van der Waals surface area contributed by atoms with Crippen molar-refractivity contribution in [3.63, 3.8) is 0 Å². The molecule has 76 valence electrons. The molecule has 1 fully saturated rings. The Morgan fingerprint density at radius 1 is 1.64 bits per heavy atom. The van der Waals surface area contributed by atoms with E-state index in [9.17, 15) is 0 Å². The quantitative estimate of drug-likeness (QED) is 0.826. The molecule has 0 aliphatic carbocycles. The summed E-state index contributed by atoms with van der Waals surface area (Å²) in [4.78, 5) is 4.08. The number of rotatable bonds is 3. The van der Waals surface area contributed by atoms with Crippen LogP contribution in [0.25, 0.3) is 0 Å². The largest absolute Gasteiger partial charge is 0.384 e. The Bertz CT molecular complexity index is 295. The van der Waals surface area contributed by atoms with E-state index in [1.54, 1.807) is 0 Å². The molecule has 0 bridgehead atoms. The van der Waals surface area contributed by atoms with Crippen LogP contribution < -0.4 is 5.32 Å². The maximum atomic E-state index is 4.08. The monoisotopic (exact) mass is 208 g/mol. The molecule has 1 aliphatic rings. The number of anilines is 1. The average molecular weight is 208 g/mol. The molecule has 1 aromatic heterocycles. The van der Waals surface area contributed by atoms with Crippen LogP contribution in [0.1, 0.15) is 18.4 Å². The highest BCUT2D eigenvalue weighted by molar-refractivity contribution is 8.00. The number of nitrogens with one attached hydrogen (secondary N) is 1. The number of nitrogens with zero attached hydrogens (tertiary/aromatic N) is 1. The van der Waals surface area contributed by atoms with Crippen molar-refractivity contribution in [3.8, 4) is 0 Å². The van der Waals surface area contributed by atoms with Gasteiger partial charge in [-0.1, -0.05) is 0 Å². The third-order valence-corrected chi connectivity index (χ3v) is 3.96. The van der Waals surface area contributed by atoms with Gasteiger partial charge in [0.1, 0.15) is 0 Å². The van der Waals surface area contributed by atoms with Gasteiger partial charge in [-0.2, -0.15) is 11.8 Å². The second kappa shape index (κ2) is 4.69. The molecule has 1 N–H and O–H groups in total. The van der Waals surface area contributed by atoms with Crippen molar-refractivity contribution in [1.29, 1.82) is 0 Å². The van der Waals surface area contributed by atoms with E-state index in [2.05, 4.69) is 35.1 Å². The highest BCUT2D eigenvalue weighted by Gasteiger charge is 2.14. The number of hydrogen-bond acceptors (Lipinski definition) is 3. The Morgan fingerprint density at radius 2 is 2.57 bits per heavy atom. The standard InChI is InChI=1S/C11H16N2S/c1-9-7-12-5-4-11(9)13-8-10-3-2-6-14-10/h4-5,7,10H,2-3,6,8H2,1H3,(H,12,13). The highest BCUT2D eigenvalue weighted by Crippen LogP contribution is 2.26. The van der Waals surface area contributed by atoms with Crippen molar-refractivity contribution in [2.45, 2.75) is 25.0 Å². The van der Waals surface area contributed by atoms with Crippen LogP contribution in [0.15, 0.2) is 18.5 Å². The van der Waals surface area contributed by atoms with Gasteiger partial charge in [-0.15, -0.1) is 0 Å². The lowest BCUT2D eigenvalue weighted by Gasteiger charge is -2.12. The molecule has 1 atom stereocenters. The molecule has 1 aromatic rings. The van der Waals surface area contributed by atoms with Crippen LogP contribution in [-0.4, -0.2) is 22.5 Å². The molecule has 0 aromatic carbocycles. The van der Waals surface area contributed by atoms with Crippen molar-refractivity contribution < 1.29 is 0 Å². The van der Waals surface area contributed by atoms with Crippen molar-refractivity contribution >= 4 is 17.4 Å². The van der Waals surface area contributed by atoms with Gasteiger partial charge in [-0.25, -0.2) is 0 Å². The second-order valence-corrected chi connectivity index (χ2v) is 5.11. The van der Waals surface area contributed by atoms with Gasteiger partial charge in [0.05, 0.1) is 0 Å². The predicted octanol–water partition coefficient (Wildman–Crippen LogP) is 2.70. The van der Waals surface area contributed by atoms with Crippen LogP contribution >= 0.6 is 11.8 Å². The summed E-state index contributed by atoms with van der Waals surface area (Å²) in [7, 11) is 0. The second-order valence-electron chi connectivity index (χ2n) is 3.71. The van der Waals surface area contributed by atoms with Gasteiger partial charge in [-0.3, -0.25) is 4.98 Å². The van der Waals surface area contributed by atoms with Crippen LogP contribution in [0.2, 0.25) is 0 Å². The molecule has 2 heterocycles. The van der Waals surface area contributed by atoms with Crippen LogP contribution in [0, 0.1) is 6.92 Å². The summed E-state index contributed by atoms with van der Waals surface area (Å²) in [5.74, 6) is 1.33. The Balaban J connectivity index is 1.88. The fourth-order valence-electron chi connectivity index (χ4n) is 1.70. The van der Waals surface area contributed by atoms with Crippen molar-refractivity contribution in [3.05, 3.63) is 24.0 Å². The lowest BCUT2D eigenvalue weighted by atomic mass is 10.2. The minimum atomic E-state index is 0.808. The molecule has 1 saturated heterocycles.